The van der Waals surface area contributed by atoms with Gasteiger partial charge in [-0.2, -0.15) is 0 Å². The fourth-order valence-corrected chi connectivity index (χ4v) is 1.36. The lowest BCUT2D eigenvalue weighted by atomic mass is 10.3. The van der Waals surface area contributed by atoms with Crippen LogP contribution in [-0.2, 0) is 11.3 Å². The monoisotopic (exact) mass is 225 g/mol. The molecule has 0 aliphatic heterocycles. The molecule has 0 aromatic carbocycles. The minimum absolute atomic E-state index is 0.195. The highest BCUT2D eigenvalue weighted by Gasteiger charge is 2.09. The fourth-order valence-electron chi connectivity index (χ4n) is 1.36. The van der Waals surface area contributed by atoms with E-state index in [2.05, 4.69) is 0 Å². The van der Waals surface area contributed by atoms with Crippen LogP contribution in [0.25, 0.3) is 0 Å². The molecule has 1 rings (SSSR count). The van der Waals surface area contributed by atoms with E-state index in [1.807, 2.05) is 6.92 Å². The van der Waals surface area contributed by atoms with Gasteiger partial charge in [-0.05, 0) is 25.5 Å². The van der Waals surface area contributed by atoms with Crippen molar-refractivity contribution in [3.63, 3.8) is 0 Å². The van der Waals surface area contributed by atoms with Crippen LogP contribution in [0.4, 0.5) is 0 Å². The maximum atomic E-state index is 11.6. The number of aromatic carboxylic acids is 1. The second-order valence-electron chi connectivity index (χ2n) is 3.28. The normalized spacial score (nSPS) is 10.3. The number of carbonyl (C=O) groups is 1. The van der Waals surface area contributed by atoms with Gasteiger partial charge in [-0.25, -0.2) is 4.79 Å². The van der Waals surface area contributed by atoms with Crippen LogP contribution in [0.15, 0.2) is 23.1 Å². The van der Waals surface area contributed by atoms with Gasteiger partial charge in [-0.1, -0.05) is 0 Å². The van der Waals surface area contributed by atoms with Gasteiger partial charge < -0.3 is 14.4 Å². The van der Waals surface area contributed by atoms with Crippen molar-refractivity contribution in [2.45, 2.75) is 19.9 Å². The second-order valence-corrected chi connectivity index (χ2v) is 3.28. The molecule has 5 heteroatoms. The maximum absolute atomic E-state index is 11.6. The summed E-state index contributed by atoms with van der Waals surface area (Å²) in [7, 11) is 0. The van der Waals surface area contributed by atoms with E-state index in [9.17, 15) is 9.59 Å². The number of aromatic nitrogens is 1. The van der Waals surface area contributed by atoms with Crippen molar-refractivity contribution in [1.29, 1.82) is 0 Å². The summed E-state index contributed by atoms with van der Waals surface area (Å²) < 4.78 is 6.53. The predicted molar refractivity (Wildman–Crippen MR) is 58.8 cm³/mol. The van der Waals surface area contributed by atoms with Crippen LogP contribution in [0, 0.1) is 0 Å². The van der Waals surface area contributed by atoms with Crippen LogP contribution in [0.1, 0.15) is 23.7 Å². The number of aryl methyl sites for hydroxylation is 1. The number of carboxylic acid groups (broad SMARTS) is 1. The van der Waals surface area contributed by atoms with E-state index in [1.165, 1.54) is 10.6 Å². The van der Waals surface area contributed by atoms with Crippen molar-refractivity contribution in [1.82, 2.24) is 4.57 Å². The summed E-state index contributed by atoms with van der Waals surface area (Å²) in [6, 6.07) is 2.87. The number of nitrogens with zero attached hydrogens (tertiary/aromatic N) is 1. The minimum Gasteiger partial charge on any atom is -0.477 e. The molecule has 0 fully saturated rings. The van der Waals surface area contributed by atoms with Crippen molar-refractivity contribution in [2.75, 3.05) is 13.2 Å². The zero-order valence-electron chi connectivity index (χ0n) is 9.18. The van der Waals surface area contributed by atoms with E-state index in [1.54, 1.807) is 12.3 Å². The van der Waals surface area contributed by atoms with Gasteiger partial charge >= 0.3 is 5.97 Å². The minimum atomic E-state index is -1.19. The van der Waals surface area contributed by atoms with E-state index >= 15 is 0 Å². The number of hydrogen-bond donors (Lipinski definition) is 1. The van der Waals surface area contributed by atoms with Crippen LogP contribution in [0.5, 0.6) is 0 Å². The number of carboxylic acids is 1. The van der Waals surface area contributed by atoms with Crippen molar-refractivity contribution in [3.8, 4) is 0 Å². The van der Waals surface area contributed by atoms with Crippen molar-refractivity contribution < 1.29 is 14.6 Å². The lowest BCUT2D eigenvalue weighted by molar-refractivity contribution is 0.0694. The summed E-state index contributed by atoms with van der Waals surface area (Å²) in [5.74, 6) is -1.19. The molecule has 1 aromatic rings. The molecule has 5 nitrogen and oxygen atoms in total. The Kier molecular flexibility index (Phi) is 4.72. The van der Waals surface area contributed by atoms with Gasteiger partial charge in [0.25, 0.3) is 5.56 Å². The molecule has 1 heterocycles. The fraction of sp³-hybridized carbons (Fsp3) is 0.455. The molecule has 0 saturated carbocycles. The van der Waals surface area contributed by atoms with E-state index in [-0.39, 0.29) is 5.56 Å². The van der Waals surface area contributed by atoms with E-state index < -0.39 is 11.5 Å². The van der Waals surface area contributed by atoms with Crippen LogP contribution in [0.2, 0.25) is 0 Å². The van der Waals surface area contributed by atoms with Crippen LogP contribution in [0.3, 0.4) is 0 Å². The summed E-state index contributed by atoms with van der Waals surface area (Å²) in [4.78, 5) is 22.3. The Labute approximate surface area is 93.3 Å². The predicted octanol–water partition coefficient (Wildman–Crippen LogP) is 0.973. The number of ether oxygens (including phenoxy) is 1. The quantitative estimate of drug-likeness (QED) is 0.732. The first-order valence-electron chi connectivity index (χ1n) is 5.17. The molecule has 0 atom stereocenters. The van der Waals surface area contributed by atoms with Crippen molar-refractivity contribution in [3.05, 3.63) is 34.2 Å². The molecule has 0 radical (unpaired) electrons. The van der Waals surface area contributed by atoms with Gasteiger partial charge in [0.15, 0.2) is 0 Å². The summed E-state index contributed by atoms with van der Waals surface area (Å²) in [6.45, 7) is 3.58. The highest BCUT2D eigenvalue weighted by atomic mass is 16.5. The Morgan fingerprint density at radius 3 is 2.94 bits per heavy atom. The smallest absolute Gasteiger partial charge is 0.341 e. The zero-order valence-corrected chi connectivity index (χ0v) is 9.18. The molecule has 0 amide bonds. The van der Waals surface area contributed by atoms with Crippen molar-refractivity contribution in [2.24, 2.45) is 0 Å². The topological polar surface area (TPSA) is 68.5 Å². The molecule has 0 aliphatic carbocycles. The van der Waals surface area contributed by atoms with Gasteiger partial charge in [-0.3, -0.25) is 4.79 Å². The van der Waals surface area contributed by atoms with E-state index in [0.29, 0.717) is 26.2 Å². The Morgan fingerprint density at radius 2 is 2.31 bits per heavy atom. The Morgan fingerprint density at radius 1 is 1.56 bits per heavy atom. The summed E-state index contributed by atoms with van der Waals surface area (Å²) in [5.41, 5.74) is -0.662. The second kappa shape index (κ2) is 6.07. The lowest BCUT2D eigenvalue weighted by Crippen LogP contribution is -2.26. The first-order chi connectivity index (χ1) is 7.66. The Bertz CT molecular complexity index is 411. The third-order valence-electron chi connectivity index (χ3n) is 2.14. The van der Waals surface area contributed by atoms with Gasteiger partial charge in [0, 0.05) is 26.0 Å². The summed E-state index contributed by atoms with van der Waals surface area (Å²) in [5, 5.41) is 8.76. The van der Waals surface area contributed by atoms with E-state index in [0.717, 1.165) is 0 Å². The Balaban J connectivity index is 2.70. The van der Waals surface area contributed by atoms with Crippen LogP contribution in [-0.4, -0.2) is 28.9 Å². The SMILES string of the molecule is CCOCCCn1cccc(C(=O)O)c1=O. The van der Waals surface area contributed by atoms with E-state index in [4.69, 9.17) is 9.84 Å². The molecular formula is C11H15NO4. The highest BCUT2D eigenvalue weighted by molar-refractivity contribution is 5.86. The molecule has 0 aliphatic rings. The average Bonchev–Trinajstić information content (AvgIpc) is 2.26. The first-order valence-corrected chi connectivity index (χ1v) is 5.17. The standard InChI is InChI=1S/C11H15NO4/c1-2-16-8-4-7-12-6-3-5-9(10(12)13)11(14)15/h3,5-6H,2,4,7-8H2,1H3,(H,14,15). The van der Waals surface area contributed by atoms with Crippen LogP contribution >= 0.6 is 0 Å². The molecule has 16 heavy (non-hydrogen) atoms. The summed E-state index contributed by atoms with van der Waals surface area (Å²) in [6.07, 6.45) is 2.28. The van der Waals surface area contributed by atoms with Gasteiger partial charge in [0.2, 0.25) is 0 Å². The Hall–Kier alpha value is -1.62. The molecule has 1 N–H and O–H groups in total. The third-order valence-corrected chi connectivity index (χ3v) is 2.14. The first kappa shape index (κ1) is 12.4. The number of rotatable bonds is 6. The molecule has 0 spiro atoms. The maximum Gasteiger partial charge on any atom is 0.341 e. The highest BCUT2D eigenvalue weighted by Crippen LogP contribution is 1.94. The molecular weight excluding hydrogens is 210 g/mol. The average molecular weight is 225 g/mol. The van der Waals surface area contributed by atoms with Gasteiger partial charge in [0.1, 0.15) is 5.56 Å². The number of pyridine rings is 1. The molecule has 88 valence electrons. The molecule has 1 aromatic heterocycles. The lowest BCUT2D eigenvalue weighted by Gasteiger charge is -2.06. The van der Waals surface area contributed by atoms with Gasteiger partial charge in [-0.15, -0.1) is 0 Å². The molecule has 0 unspecified atom stereocenters. The van der Waals surface area contributed by atoms with Gasteiger partial charge in [0.05, 0.1) is 0 Å². The number of hydrogen-bond acceptors (Lipinski definition) is 3. The third kappa shape index (κ3) is 3.20. The zero-order chi connectivity index (χ0) is 12.0. The molecule has 0 bridgehead atoms. The largest absolute Gasteiger partial charge is 0.477 e. The van der Waals surface area contributed by atoms with Crippen LogP contribution < -0.4 is 5.56 Å². The molecule has 0 saturated heterocycles. The summed E-state index contributed by atoms with van der Waals surface area (Å²) >= 11 is 0. The van der Waals surface area contributed by atoms with Crippen molar-refractivity contribution >= 4 is 5.97 Å².